The van der Waals surface area contributed by atoms with E-state index in [0.717, 1.165) is 26.2 Å². The maximum absolute atomic E-state index is 13.5. The third kappa shape index (κ3) is 2.78. The van der Waals surface area contributed by atoms with Gasteiger partial charge < -0.3 is 10.4 Å². The normalized spacial score (nSPS) is 19.2. The fraction of sp³-hybridized carbons (Fsp3) is 0.500. The van der Waals surface area contributed by atoms with Crippen molar-refractivity contribution in [2.45, 2.75) is 13.0 Å². The first-order valence-corrected chi connectivity index (χ1v) is 6.51. The van der Waals surface area contributed by atoms with Crippen LogP contribution in [-0.4, -0.2) is 36.2 Å². The van der Waals surface area contributed by atoms with Crippen LogP contribution in [0.1, 0.15) is 18.5 Å². The van der Waals surface area contributed by atoms with Gasteiger partial charge in [0.1, 0.15) is 0 Å². The molecule has 94 valence electrons. The largest absolute Gasteiger partial charge is 0.505 e. The second-order valence-electron chi connectivity index (χ2n) is 4.29. The van der Waals surface area contributed by atoms with Crippen molar-refractivity contribution in [2.24, 2.45) is 0 Å². The van der Waals surface area contributed by atoms with Crippen molar-refractivity contribution >= 4 is 15.9 Å². The molecule has 0 aliphatic carbocycles. The number of phenolic OH excluding ortho intramolecular Hbond substituents is 1. The Bertz CT molecular complexity index is 408. The molecule has 1 saturated heterocycles. The average Bonchev–Trinajstić information content (AvgIpc) is 2.34. The maximum atomic E-state index is 13.5. The predicted octanol–water partition coefficient (Wildman–Crippen LogP) is 2.26. The molecular weight excluding hydrogens is 287 g/mol. The summed E-state index contributed by atoms with van der Waals surface area (Å²) in [5, 5.41) is 13.1. The Morgan fingerprint density at radius 3 is 2.71 bits per heavy atom. The first-order valence-electron chi connectivity index (χ1n) is 5.72. The fourth-order valence-electron chi connectivity index (χ4n) is 2.17. The number of halogens is 2. The molecule has 1 aromatic carbocycles. The molecule has 1 fully saturated rings. The molecule has 2 N–H and O–H groups in total. The van der Waals surface area contributed by atoms with E-state index in [2.05, 4.69) is 26.1 Å². The number of nitrogens with zero attached hydrogens (tertiary/aromatic N) is 1. The van der Waals surface area contributed by atoms with Gasteiger partial charge in [0, 0.05) is 42.3 Å². The zero-order valence-electron chi connectivity index (χ0n) is 9.71. The number of rotatable bonds is 2. The molecule has 17 heavy (non-hydrogen) atoms. The lowest BCUT2D eigenvalue weighted by atomic mass is 10.0. The Morgan fingerprint density at radius 2 is 2.06 bits per heavy atom. The van der Waals surface area contributed by atoms with Gasteiger partial charge >= 0.3 is 0 Å². The molecule has 0 amide bonds. The van der Waals surface area contributed by atoms with E-state index in [0.29, 0.717) is 10.0 Å². The maximum Gasteiger partial charge on any atom is 0.166 e. The summed E-state index contributed by atoms with van der Waals surface area (Å²) in [7, 11) is 0. The lowest BCUT2D eigenvalue weighted by Gasteiger charge is -2.33. The van der Waals surface area contributed by atoms with E-state index in [9.17, 15) is 9.50 Å². The minimum Gasteiger partial charge on any atom is -0.505 e. The number of nitrogens with one attached hydrogen (secondary N) is 1. The van der Waals surface area contributed by atoms with E-state index >= 15 is 0 Å². The summed E-state index contributed by atoms with van der Waals surface area (Å²) < 4.78 is 14.1. The number of aromatic hydroxyl groups is 1. The van der Waals surface area contributed by atoms with Gasteiger partial charge in [0.05, 0.1) is 0 Å². The summed E-state index contributed by atoms with van der Waals surface area (Å²) in [6.07, 6.45) is 0. The molecule has 3 nitrogen and oxygen atoms in total. The van der Waals surface area contributed by atoms with Crippen LogP contribution in [0.25, 0.3) is 0 Å². The molecule has 0 saturated carbocycles. The topological polar surface area (TPSA) is 35.5 Å². The Labute approximate surface area is 109 Å². The van der Waals surface area contributed by atoms with E-state index in [1.807, 2.05) is 6.92 Å². The van der Waals surface area contributed by atoms with Crippen LogP contribution < -0.4 is 5.32 Å². The summed E-state index contributed by atoms with van der Waals surface area (Å²) in [5.74, 6) is -0.810. The van der Waals surface area contributed by atoms with Crippen molar-refractivity contribution in [3.8, 4) is 5.75 Å². The summed E-state index contributed by atoms with van der Waals surface area (Å²) in [4.78, 5) is 2.23. The van der Waals surface area contributed by atoms with Crippen LogP contribution in [0.2, 0.25) is 0 Å². The summed E-state index contributed by atoms with van der Waals surface area (Å²) in [5.41, 5.74) is 0.638. The quantitative estimate of drug-likeness (QED) is 0.880. The highest BCUT2D eigenvalue weighted by molar-refractivity contribution is 9.10. The summed E-state index contributed by atoms with van der Waals surface area (Å²) in [6.45, 7) is 5.68. The lowest BCUT2D eigenvalue weighted by Crippen LogP contribution is -2.44. The number of benzene rings is 1. The molecule has 0 radical (unpaired) electrons. The Kier molecular flexibility index (Phi) is 4.01. The van der Waals surface area contributed by atoms with E-state index in [-0.39, 0.29) is 11.8 Å². The van der Waals surface area contributed by atoms with E-state index in [4.69, 9.17) is 0 Å². The van der Waals surface area contributed by atoms with Gasteiger partial charge in [0.2, 0.25) is 0 Å². The van der Waals surface area contributed by atoms with E-state index < -0.39 is 5.82 Å². The summed E-state index contributed by atoms with van der Waals surface area (Å²) >= 11 is 3.26. The Morgan fingerprint density at radius 1 is 1.41 bits per heavy atom. The standard InChI is InChI=1S/C12H16BrFN2O/c1-8(16-4-2-15-3-5-16)10-6-9(13)7-11(14)12(10)17/h6-8,15,17H,2-5H2,1H3/t8-/m1/s1. The molecule has 0 bridgehead atoms. The second kappa shape index (κ2) is 5.33. The highest BCUT2D eigenvalue weighted by Crippen LogP contribution is 2.33. The average molecular weight is 303 g/mol. The molecule has 1 aliphatic rings. The van der Waals surface area contributed by atoms with Crippen molar-refractivity contribution in [2.75, 3.05) is 26.2 Å². The fourth-order valence-corrected chi connectivity index (χ4v) is 2.62. The predicted molar refractivity (Wildman–Crippen MR) is 68.6 cm³/mol. The van der Waals surface area contributed by atoms with E-state index in [1.54, 1.807) is 6.07 Å². The smallest absolute Gasteiger partial charge is 0.166 e. The minimum absolute atomic E-state index is 0.0177. The first kappa shape index (κ1) is 12.8. The number of phenols is 1. The van der Waals surface area contributed by atoms with Gasteiger partial charge in [-0.05, 0) is 19.1 Å². The van der Waals surface area contributed by atoms with Gasteiger partial charge in [-0.3, -0.25) is 4.90 Å². The van der Waals surface area contributed by atoms with Crippen molar-refractivity contribution in [3.63, 3.8) is 0 Å². The van der Waals surface area contributed by atoms with Crippen LogP contribution in [0.4, 0.5) is 4.39 Å². The third-order valence-corrected chi connectivity index (χ3v) is 3.66. The number of hydrogen-bond acceptors (Lipinski definition) is 3. The van der Waals surface area contributed by atoms with Gasteiger partial charge in [-0.1, -0.05) is 15.9 Å². The van der Waals surface area contributed by atoms with Crippen LogP contribution in [0, 0.1) is 5.82 Å². The zero-order chi connectivity index (χ0) is 12.4. The molecule has 1 atom stereocenters. The Balaban J connectivity index is 2.26. The molecule has 1 aromatic rings. The van der Waals surface area contributed by atoms with Crippen molar-refractivity contribution in [1.82, 2.24) is 10.2 Å². The van der Waals surface area contributed by atoms with Gasteiger partial charge in [0.15, 0.2) is 11.6 Å². The highest BCUT2D eigenvalue weighted by atomic mass is 79.9. The van der Waals surface area contributed by atoms with Crippen LogP contribution in [0.3, 0.4) is 0 Å². The SMILES string of the molecule is C[C@H](c1cc(Br)cc(F)c1O)N1CCNCC1. The van der Waals surface area contributed by atoms with Crippen LogP contribution >= 0.6 is 15.9 Å². The second-order valence-corrected chi connectivity index (χ2v) is 5.20. The van der Waals surface area contributed by atoms with Crippen molar-refractivity contribution in [3.05, 3.63) is 28.0 Å². The van der Waals surface area contributed by atoms with Crippen LogP contribution in [-0.2, 0) is 0 Å². The minimum atomic E-state index is -0.573. The number of hydrogen-bond donors (Lipinski definition) is 2. The summed E-state index contributed by atoms with van der Waals surface area (Å²) in [6, 6.07) is 3.08. The van der Waals surface area contributed by atoms with Crippen molar-refractivity contribution in [1.29, 1.82) is 0 Å². The van der Waals surface area contributed by atoms with Gasteiger partial charge in [0.25, 0.3) is 0 Å². The zero-order valence-corrected chi connectivity index (χ0v) is 11.3. The molecule has 2 rings (SSSR count). The molecule has 0 unspecified atom stereocenters. The molecule has 1 aliphatic heterocycles. The first-order chi connectivity index (χ1) is 8.09. The van der Waals surface area contributed by atoms with Gasteiger partial charge in [-0.2, -0.15) is 0 Å². The Hall–Kier alpha value is -0.650. The molecule has 0 aromatic heterocycles. The van der Waals surface area contributed by atoms with Crippen molar-refractivity contribution < 1.29 is 9.50 Å². The van der Waals surface area contributed by atoms with Gasteiger partial charge in [-0.25, -0.2) is 4.39 Å². The molecule has 5 heteroatoms. The molecule has 0 spiro atoms. The highest BCUT2D eigenvalue weighted by Gasteiger charge is 2.22. The van der Waals surface area contributed by atoms with E-state index in [1.165, 1.54) is 6.07 Å². The van der Waals surface area contributed by atoms with Gasteiger partial charge in [-0.15, -0.1) is 0 Å². The number of piperazine rings is 1. The van der Waals surface area contributed by atoms with Crippen LogP contribution in [0.5, 0.6) is 5.75 Å². The third-order valence-electron chi connectivity index (χ3n) is 3.21. The molecular formula is C12H16BrFN2O. The molecule has 1 heterocycles. The lowest BCUT2D eigenvalue weighted by molar-refractivity contribution is 0.182. The monoisotopic (exact) mass is 302 g/mol. The van der Waals surface area contributed by atoms with Crippen LogP contribution in [0.15, 0.2) is 16.6 Å².